The Morgan fingerprint density at radius 1 is 1.18 bits per heavy atom. The van der Waals surface area contributed by atoms with E-state index in [2.05, 4.69) is 25.8 Å². The average molecular weight is 297 g/mol. The van der Waals surface area contributed by atoms with E-state index in [0.717, 1.165) is 5.82 Å². The number of amides is 1. The van der Waals surface area contributed by atoms with E-state index in [4.69, 9.17) is 0 Å². The molecule has 0 saturated carbocycles. The van der Waals surface area contributed by atoms with Gasteiger partial charge in [0.15, 0.2) is 0 Å². The summed E-state index contributed by atoms with van der Waals surface area (Å²) in [5.74, 6) is 0.627. The van der Waals surface area contributed by atoms with Gasteiger partial charge in [-0.15, -0.1) is 0 Å². The lowest BCUT2D eigenvalue weighted by atomic mass is 10.2. The predicted octanol–water partition coefficient (Wildman–Crippen LogP) is 1.69. The van der Waals surface area contributed by atoms with Gasteiger partial charge in [-0.3, -0.25) is 19.8 Å². The quantitative estimate of drug-likeness (QED) is 0.575. The summed E-state index contributed by atoms with van der Waals surface area (Å²) in [7, 11) is 0. The van der Waals surface area contributed by atoms with Crippen molar-refractivity contribution in [1.29, 1.82) is 0 Å². The summed E-state index contributed by atoms with van der Waals surface area (Å²) >= 11 is 0. The zero-order valence-corrected chi connectivity index (χ0v) is 11.7. The fraction of sp³-hybridized carbons (Fsp3) is 0.133. The molecule has 0 radical (unpaired) electrons. The highest BCUT2D eigenvalue weighted by molar-refractivity contribution is 5.93. The monoisotopic (exact) mass is 297 g/mol. The first kappa shape index (κ1) is 13.9. The number of aromatic amines is 2. The Bertz CT molecular complexity index is 838. The number of carbonyl (C=O) groups excluding carboxylic acids is 1. The van der Waals surface area contributed by atoms with Crippen LogP contribution < -0.4 is 16.2 Å². The van der Waals surface area contributed by atoms with Crippen molar-refractivity contribution in [1.82, 2.24) is 15.2 Å². The van der Waals surface area contributed by atoms with Crippen molar-refractivity contribution in [3.05, 3.63) is 52.9 Å². The van der Waals surface area contributed by atoms with Crippen molar-refractivity contribution >= 4 is 28.3 Å². The van der Waals surface area contributed by atoms with Gasteiger partial charge in [0.2, 0.25) is 5.91 Å². The minimum absolute atomic E-state index is 0.110. The van der Waals surface area contributed by atoms with Crippen molar-refractivity contribution in [2.75, 3.05) is 17.2 Å². The summed E-state index contributed by atoms with van der Waals surface area (Å²) < 4.78 is 0. The molecule has 2 aromatic heterocycles. The number of carbonyl (C=O) groups is 1. The smallest absolute Gasteiger partial charge is 0.271 e. The van der Waals surface area contributed by atoms with Crippen molar-refractivity contribution < 1.29 is 4.79 Å². The van der Waals surface area contributed by atoms with Crippen LogP contribution in [0.2, 0.25) is 0 Å². The Balaban J connectivity index is 1.55. The highest BCUT2D eigenvalue weighted by Gasteiger charge is 2.05. The van der Waals surface area contributed by atoms with E-state index in [1.807, 2.05) is 18.2 Å². The minimum Gasteiger partial charge on any atom is -0.370 e. The van der Waals surface area contributed by atoms with E-state index in [1.165, 1.54) is 0 Å². The second kappa shape index (κ2) is 6.13. The lowest BCUT2D eigenvalue weighted by Crippen LogP contribution is -2.16. The standard InChI is InChI=1S/C15H15N5O2/c21-14(6-8-17-13-3-1-2-7-16-13)18-10-4-5-11-12(9-10)19-20-15(11)22/h1-5,7,9H,6,8H2,(H,16,17)(H,18,21)(H2,19,20,22). The van der Waals surface area contributed by atoms with Gasteiger partial charge in [0, 0.05) is 24.8 Å². The molecule has 0 atom stereocenters. The number of H-pyrrole nitrogens is 2. The summed E-state index contributed by atoms with van der Waals surface area (Å²) in [6, 6.07) is 10.6. The molecule has 2 heterocycles. The van der Waals surface area contributed by atoms with E-state index >= 15 is 0 Å². The summed E-state index contributed by atoms with van der Waals surface area (Å²) in [4.78, 5) is 27.4. The fourth-order valence-corrected chi connectivity index (χ4v) is 2.11. The number of hydrogen-bond acceptors (Lipinski definition) is 4. The molecule has 4 N–H and O–H groups in total. The van der Waals surface area contributed by atoms with E-state index in [1.54, 1.807) is 24.4 Å². The Labute approximate surface area is 125 Å². The van der Waals surface area contributed by atoms with Gasteiger partial charge in [0.25, 0.3) is 5.56 Å². The number of fused-ring (bicyclic) bond motifs is 1. The maximum Gasteiger partial charge on any atom is 0.271 e. The molecule has 0 unspecified atom stereocenters. The largest absolute Gasteiger partial charge is 0.370 e. The van der Waals surface area contributed by atoms with Crippen LogP contribution >= 0.6 is 0 Å². The van der Waals surface area contributed by atoms with Crippen LogP contribution in [0.4, 0.5) is 11.5 Å². The zero-order valence-electron chi connectivity index (χ0n) is 11.7. The van der Waals surface area contributed by atoms with Gasteiger partial charge < -0.3 is 10.6 Å². The predicted molar refractivity (Wildman–Crippen MR) is 84.9 cm³/mol. The van der Waals surface area contributed by atoms with Crippen molar-refractivity contribution in [3.63, 3.8) is 0 Å². The van der Waals surface area contributed by atoms with Gasteiger partial charge >= 0.3 is 0 Å². The van der Waals surface area contributed by atoms with Crippen LogP contribution in [0.3, 0.4) is 0 Å². The Kier molecular flexibility index (Phi) is 3.86. The maximum absolute atomic E-state index is 11.9. The van der Waals surface area contributed by atoms with Gasteiger partial charge in [-0.25, -0.2) is 4.98 Å². The van der Waals surface area contributed by atoms with Crippen LogP contribution in [0, 0.1) is 0 Å². The molecule has 7 heteroatoms. The molecule has 1 amide bonds. The van der Waals surface area contributed by atoms with Crippen LogP contribution in [-0.4, -0.2) is 27.6 Å². The molecule has 0 aliphatic carbocycles. The van der Waals surface area contributed by atoms with Gasteiger partial charge in [-0.05, 0) is 30.3 Å². The molecule has 0 aliphatic heterocycles. The Morgan fingerprint density at radius 2 is 2.09 bits per heavy atom. The molecular formula is C15H15N5O2. The number of rotatable bonds is 5. The molecule has 7 nitrogen and oxygen atoms in total. The van der Waals surface area contributed by atoms with Gasteiger partial charge in [-0.1, -0.05) is 6.07 Å². The molecule has 0 aliphatic rings. The number of anilines is 2. The Hall–Kier alpha value is -3.09. The van der Waals surface area contributed by atoms with Crippen LogP contribution in [0.5, 0.6) is 0 Å². The van der Waals surface area contributed by atoms with Crippen LogP contribution in [-0.2, 0) is 4.79 Å². The molecule has 3 aromatic rings. The second-order valence-electron chi connectivity index (χ2n) is 4.78. The third-order valence-corrected chi connectivity index (χ3v) is 3.18. The molecule has 0 bridgehead atoms. The lowest BCUT2D eigenvalue weighted by Gasteiger charge is -2.07. The van der Waals surface area contributed by atoms with E-state index in [9.17, 15) is 9.59 Å². The molecule has 22 heavy (non-hydrogen) atoms. The third-order valence-electron chi connectivity index (χ3n) is 3.18. The SMILES string of the molecule is O=C(CCNc1ccccn1)Nc1ccc2c(=O)[nH][nH]c2c1. The number of aromatic nitrogens is 3. The third kappa shape index (κ3) is 3.14. The topological polar surface area (TPSA) is 103 Å². The number of benzene rings is 1. The average Bonchev–Trinajstić information content (AvgIpc) is 2.89. The van der Waals surface area contributed by atoms with Crippen LogP contribution in [0.1, 0.15) is 6.42 Å². The first-order valence-corrected chi connectivity index (χ1v) is 6.87. The van der Waals surface area contributed by atoms with Gasteiger partial charge in [0.1, 0.15) is 5.82 Å². The van der Waals surface area contributed by atoms with E-state index < -0.39 is 0 Å². The fourth-order valence-electron chi connectivity index (χ4n) is 2.11. The summed E-state index contributed by atoms with van der Waals surface area (Å²) in [5, 5.41) is 11.7. The lowest BCUT2D eigenvalue weighted by molar-refractivity contribution is -0.115. The molecule has 0 saturated heterocycles. The highest BCUT2D eigenvalue weighted by Crippen LogP contribution is 2.14. The molecule has 1 aromatic carbocycles. The normalized spacial score (nSPS) is 10.5. The second-order valence-corrected chi connectivity index (χ2v) is 4.78. The summed E-state index contributed by atoms with van der Waals surface area (Å²) in [6.45, 7) is 0.492. The summed E-state index contributed by atoms with van der Waals surface area (Å²) in [6.07, 6.45) is 2.01. The minimum atomic E-state index is -0.174. The number of nitrogens with one attached hydrogen (secondary N) is 4. The molecule has 0 fully saturated rings. The molecular weight excluding hydrogens is 282 g/mol. The number of nitrogens with zero attached hydrogens (tertiary/aromatic N) is 1. The van der Waals surface area contributed by atoms with Crippen LogP contribution in [0.15, 0.2) is 47.4 Å². The molecule has 3 rings (SSSR count). The summed E-state index contributed by atoms with van der Waals surface area (Å²) in [5.41, 5.74) is 1.13. The Morgan fingerprint density at radius 3 is 2.91 bits per heavy atom. The number of hydrogen-bond donors (Lipinski definition) is 4. The van der Waals surface area contributed by atoms with Crippen molar-refractivity contribution in [2.45, 2.75) is 6.42 Å². The maximum atomic E-state index is 11.9. The first-order chi connectivity index (χ1) is 10.7. The van der Waals surface area contributed by atoms with Gasteiger partial charge in [0.05, 0.1) is 10.9 Å². The van der Waals surface area contributed by atoms with Crippen molar-refractivity contribution in [3.8, 4) is 0 Å². The van der Waals surface area contributed by atoms with E-state index in [0.29, 0.717) is 29.6 Å². The number of pyridine rings is 1. The van der Waals surface area contributed by atoms with E-state index in [-0.39, 0.29) is 11.5 Å². The molecule has 112 valence electrons. The first-order valence-electron chi connectivity index (χ1n) is 6.87. The van der Waals surface area contributed by atoms with Crippen LogP contribution in [0.25, 0.3) is 10.9 Å². The highest BCUT2D eigenvalue weighted by atomic mass is 16.1. The zero-order chi connectivity index (χ0) is 15.4. The van der Waals surface area contributed by atoms with Crippen molar-refractivity contribution in [2.24, 2.45) is 0 Å². The van der Waals surface area contributed by atoms with Gasteiger partial charge in [-0.2, -0.15) is 0 Å². The molecule has 0 spiro atoms.